The van der Waals surface area contributed by atoms with Crippen molar-refractivity contribution in [2.45, 2.75) is 46.2 Å². The van der Waals surface area contributed by atoms with Crippen LogP contribution in [0.25, 0.3) is 0 Å². The van der Waals surface area contributed by atoms with E-state index in [0.717, 1.165) is 29.8 Å². The minimum absolute atomic E-state index is 0.122. The summed E-state index contributed by atoms with van der Waals surface area (Å²) in [5, 5.41) is 4.94. The number of benzene rings is 1. The SMILES string of the molecule is CCC(N)Cc1c(C)nn(Cc2c(F)cccc2Cl)c1C. The van der Waals surface area contributed by atoms with Crippen LogP contribution in [-0.2, 0) is 13.0 Å². The number of aryl methyl sites for hydroxylation is 1. The van der Waals surface area contributed by atoms with Gasteiger partial charge in [0.2, 0.25) is 0 Å². The van der Waals surface area contributed by atoms with Gasteiger partial charge in [-0.1, -0.05) is 24.6 Å². The van der Waals surface area contributed by atoms with Crippen molar-refractivity contribution in [1.82, 2.24) is 9.78 Å². The highest BCUT2D eigenvalue weighted by Crippen LogP contribution is 2.22. The van der Waals surface area contributed by atoms with E-state index in [-0.39, 0.29) is 11.9 Å². The molecule has 1 atom stereocenters. The van der Waals surface area contributed by atoms with E-state index in [1.165, 1.54) is 6.07 Å². The number of hydrogen-bond donors (Lipinski definition) is 1. The average molecular weight is 310 g/mol. The molecule has 2 rings (SSSR count). The maximum atomic E-state index is 13.9. The topological polar surface area (TPSA) is 43.8 Å². The Bertz CT molecular complexity index is 616. The van der Waals surface area contributed by atoms with Gasteiger partial charge < -0.3 is 5.73 Å². The third-order valence-electron chi connectivity index (χ3n) is 3.89. The van der Waals surface area contributed by atoms with Gasteiger partial charge in [-0.25, -0.2) is 4.39 Å². The lowest BCUT2D eigenvalue weighted by Crippen LogP contribution is -2.22. The maximum absolute atomic E-state index is 13.9. The highest BCUT2D eigenvalue weighted by Gasteiger charge is 2.16. The molecule has 0 spiro atoms. The highest BCUT2D eigenvalue weighted by atomic mass is 35.5. The molecular weight excluding hydrogens is 289 g/mol. The average Bonchev–Trinajstić information content (AvgIpc) is 2.70. The van der Waals surface area contributed by atoms with Crippen molar-refractivity contribution < 1.29 is 4.39 Å². The van der Waals surface area contributed by atoms with Crippen LogP contribution in [0.5, 0.6) is 0 Å². The van der Waals surface area contributed by atoms with Crippen molar-refractivity contribution in [3.05, 3.63) is 51.6 Å². The molecule has 0 aliphatic carbocycles. The second-order valence-electron chi connectivity index (χ2n) is 5.38. The van der Waals surface area contributed by atoms with Gasteiger partial charge in [0.15, 0.2) is 0 Å². The van der Waals surface area contributed by atoms with Crippen LogP contribution in [0, 0.1) is 19.7 Å². The molecule has 0 aliphatic rings. The molecule has 3 nitrogen and oxygen atoms in total. The van der Waals surface area contributed by atoms with Crippen LogP contribution in [0.3, 0.4) is 0 Å². The van der Waals surface area contributed by atoms with Crippen molar-refractivity contribution in [1.29, 1.82) is 0 Å². The minimum Gasteiger partial charge on any atom is -0.327 e. The van der Waals surface area contributed by atoms with Gasteiger partial charge in [0.25, 0.3) is 0 Å². The molecule has 2 aromatic rings. The first-order valence-electron chi connectivity index (χ1n) is 7.15. The van der Waals surface area contributed by atoms with Crippen LogP contribution in [0.15, 0.2) is 18.2 Å². The second kappa shape index (κ2) is 6.58. The normalized spacial score (nSPS) is 12.7. The van der Waals surface area contributed by atoms with E-state index in [2.05, 4.69) is 12.0 Å². The quantitative estimate of drug-likeness (QED) is 0.916. The molecule has 114 valence electrons. The van der Waals surface area contributed by atoms with E-state index in [9.17, 15) is 4.39 Å². The first-order chi connectivity index (χ1) is 9.93. The summed E-state index contributed by atoms with van der Waals surface area (Å²) in [6, 6.07) is 4.84. The van der Waals surface area contributed by atoms with Crippen molar-refractivity contribution in [3.8, 4) is 0 Å². The molecule has 0 radical (unpaired) electrons. The number of nitrogens with zero attached hydrogens (tertiary/aromatic N) is 2. The molecule has 0 saturated carbocycles. The Labute approximate surface area is 129 Å². The number of rotatable bonds is 5. The fourth-order valence-electron chi connectivity index (χ4n) is 2.42. The Morgan fingerprint density at radius 3 is 2.67 bits per heavy atom. The van der Waals surface area contributed by atoms with Gasteiger partial charge in [-0.15, -0.1) is 0 Å². The lowest BCUT2D eigenvalue weighted by molar-refractivity contribution is 0.578. The number of nitrogens with two attached hydrogens (primary N) is 1. The smallest absolute Gasteiger partial charge is 0.129 e. The largest absolute Gasteiger partial charge is 0.327 e. The number of aromatic nitrogens is 2. The zero-order chi connectivity index (χ0) is 15.6. The van der Waals surface area contributed by atoms with Gasteiger partial charge in [0, 0.05) is 22.3 Å². The van der Waals surface area contributed by atoms with Crippen molar-refractivity contribution in [2.75, 3.05) is 0 Å². The predicted molar refractivity (Wildman–Crippen MR) is 84.2 cm³/mol. The summed E-state index contributed by atoms with van der Waals surface area (Å²) in [4.78, 5) is 0. The van der Waals surface area contributed by atoms with Crippen molar-refractivity contribution >= 4 is 11.6 Å². The van der Waals surface area contributed by atoms with Gasteiger partial charge in [0.1, 0.15) is 5.82 Å². The molecule has 5 heteroatoms. The third kappa shape index (κ3) is 3.44. The van der Waals surface area contributed by atoms with Crippen LogP contribution in [0.1, 0.15) is 35.9 Å². The fourth-order valence-corrected chi connectivity index (χ4v) is 2.65. The van der Waals surface area contributed by atoms with Gasteiger partial charge in [-0.2, -0.15) is 5.10 Å². The Hall–Kier alpha value is -1.39. The van der Waals surface area contributed by atoms with E-state index in [0.29, 0.717) is 17.1 Å². The van der Waals surface area contributed by atoms with Crippen LogP contribution in [0.2, 0.25) is 5.02 Å². The summed E-state index contributed by atoms with van der Waals surface area (Å²) >= 11 is 6.08. The summed E-state index contributed by atoms with van der Waals surface area (Å²) in [6.45, 7) is 6.36. The van der Waals surface area contributed by atoms with Gasteiger partial charge in [-0.3, -0.25) is 4.68 Å². The van der Waals surface area contributed by atoms with E-state index < -0.39 is 0 Å². The molecule has 2 N–H and O–H groups in total. The Balaban J connectivity index is 2.32. The lowest BCUT2D eigenvalue weighted by Gasteiger charge is -2.10. The zero-order valence-corrected chi connectivity index (χ0v) is 13.4. The van der Waals surface area contributed by atoms with E-state index in [1.807, 2.05) is 13.8 Å². The van der Waals surface area contributed by atoms with Gasteiger partial charge >= 0.3 is 0 Å². The predicted octanol–water partition coefficient (Wildman–Crippen LogP) is 3.62. The minimum atomic E-state index is -0.304. The first-order valence-corrected chi connectivity index (χ1v) is 7.53. The molecular formula is C16H21ClFN3. The van der Waals surface area contributed by atoms with Gasteiger partial charge in [-0.05, 0) is 44.4 Å². The molecule has 1 aromatic carbocycles. The highest BCUT2D eigenvalue weighted by molar-refractivity contribution is 6.31. The molecule has 0 saturated heterocycles. The molecule has 1 unspecified atom stereocenters. The summed E-state index contributed by atoms with van der Waals surface area (Å²) < 4.78 is 15.7. The van der Waals surface area contributed by atoms with Crippen molar-refractivity contribution in [2.24, 2.45) is 5.73 Å². The zero-order valence-electron chi connectivity index (χ0n) is 12.7. The second-order valence-corrected chi connectivity index (χ2v) is 5.79. The molecule has 0 fully saturated rings. The summed E-state index contributed by atoms with van der Waals surface area (Å²) in [7, 11) is 0. The molecule has 0 amide bonds. The van der Waals surface area contributed by atoms with Gasteiger partial charge in [0.05, 0.1) is 12.2 Å². The Morgan fingerprint density at radius 2 is 2.05 bits per heavy atom. The third-order valence-corrected chi connectivity index (χ3v) is 4.25. The monoisotopic (exact) mass is 309 g/mol. The molecule has 21 heavy (non-hydrogen) atoms. The number of halogens is 2. The molecule has 1 aromatic heterocycles. The van der Waals surface area contributed by atoms with Crippen LogP contribution < -0.4 is 5.73 Å². The number of hydrogen-bond acceptors (Lipinski definition) is 2. The summed E-state index contributed by atoms with van der Waals surface area (Å²) in [6.07, 6.45) is 1.71. The summed E-state index contributed by atoms with van der Waals surface area (Å²) in [5.74, 6) is -0.304. The van der Waals surface area contributed by atoms with E-state index in [4.69, 9.17) is 17.3 Å². The summed E-state index contributed by atoms with van der Waals surface area (Å²) in [5.41, 5.74) is 9.62. The van der Waals surface area contributed by atoms with Crippen molar-refractivity contribution in [3.63, 3.8) is 0 Å². The molecule has 0 aliphatic heterocycles. The van der Waals surface area contributed by atoms with E-state index >= 15 is 0 Å². The van der Waals surface area contributed by atoms with E-state index in [1.54, 1.807) is 16.8 Å². The van der Waals surface area contributed by atoms with Crippen LogP contribution >= 0.6 is 11.6 Å². The standard InChI is InChI=1S/C16H21ClFN3/c1-4-12(19)8-13-10(2)20-21(11(13)3)9-14-15(17)6-5-7-16(14)18/h5-7,12H,4,8-9,19H2,1-3H3. The Kier molecular flexibility index (Phi) is 5.01. The first kappa shape index (κ1) is 16.0. The lowest BCUT2D eigenvalue weighted by atomic mass is 10.0. The van der Waals surface area contributed by atoms with Crippen LogP contribution in [0.4, 0.5) is 4.39 Å². The molecule has 0 bridgehead atoms. The molecule has 1 heterocycles. The maximum Gasteiger partial charge on any atom is 0.129 e. The van der Waals surface area contributed by atoms with Crippen LogP contribution in [-0.4, -0.2) is 15.8 Å². The Morgan fingerprint density at radius 1 is 1.33 bits per heavy atom. The fraction of sp³-hybridized carbons (Fsp3) is 0.438.